The van der Waals surface area contributed by atoms with E-state index < -0.39 is 0 Å². The topological polar surface area (TPSA) is 51.0 Å². The number of aryl methyl sites for hydroxylation is 2. The molecule has 5 heteroatoms. The van der Waals surface area contributed by atoms with Crippen molar-refractivity contribution in [3.05, 3.63) is 47.8 Å². The maximum atomic E-state index is 13.4. The molecule has 4 rings (SSSR count). The Morgan fingerprint density at radius 1 is 1.15 bits per heavy atom. The summed E-state index contributed by atoms with van der Waals surface area (Å²) in [6.07, 6.45) is 8.42. The lowest BCUT2D eigenvalue weighted by atomic mass is 10.0. The first-order chi connectivity index (χ1) is 13.2. The number of carbonyl (C=O) groups excluding carboxylic acids is 1. The number of pyridine rings is 1. The monoisotopic (exact) mass is 362 g/mol. The molecule has 3 heterocycles. The molecule has 0 atom stereocenters. The first-order valence-corrected chi connectivity index (χ1v) is 9.90. The minimum Gasteiger partial charge on any atom is -0.339 e. The van der Waals surface area contributed by atoms with E-state index in [4.69, 9.17) is 4.98 Å². The first kappa shape index (κ1) is 17.7. The van der Waals surface area contributed by atoms with Crippen molar-refractivity contribution >= 4 is 16.8 Å². The third-order valence-electron chi connectivity index (χ3n) is 5.42. The highest BCUT2D eigenvalue weighted by Crippen LogP contribution is 2.28. The fraction of sp³-hybridized carbons (Fsp3) is 0.409. The zero-order chi connectivity index (χ0) is 18.8. The van der Waals surface area contributed by atoms with Gasteiger partial charge >= 0.3 is 0 Å². The maximum absolute atomic E-state index is 13.4. The predicted molar refractivity (Wildman–Crippen MR) is 108 cm³/mol. The Morgan fingerprint density at radius 3 is 2.63 bits per heavy atom. The minimum absolute atomic E-state index is 0.124. The van der Waals surface area contributed by atoms with E-state index in [1.54, 1.807) is 0 Å². The van der Waals surface area contributed by atoms with Gasteiger partial charge in [-0.3, -0.25) is 9.48 Å². The Balaban J connectivity index is 1.84. The second-order valence-electron chi connectivity index (χ2n) is 7.32. The van der Waals surface area contributed by atoms with Crippen LogP contribution in [0.1, 0.15) is 48.5 Å². The van der Waals surface area contributed by atoms with Gasteiger partial charge in [-0.15, -0.1) is 0 Å². The fourth-order valence-corrected chi connectivity index (χ4v) is 3.83. The number of para-hydroxylation sites is 1. The third-order valence-corrected chi connectivity index (χ3v) is 5.42. The van der Waals surface area contributed by atoms with Gasteiger partial charge < -0.3 is 4.90 Å². The Morgan fingerprint density at radius 2 is 1.93 bits per heavy atom. The summed E-state index contributed by atoms with van der Waals surface area (Å²) in [6.45, 7) is 6.61. The second-order valence-corrected chi connectivity index (χ2v) is 7.32. The Labute approximate surface area is 160 Å². The van der Waals surface area contributed by atoms with E-state index in [2.05, 4.69) is 25.0 Å². The zero-order valence-corrected chi connectivity index (χ0v) is 16.1. The molecule has 1 aliphatic rings. The van der Waals surface area contributed by atoms with Crippen LogP contribution in [0.2, 0.25) is 0 Å². The minimum atomic E-state index is 0.124. The third kappa shape index (κ3) is 3.46. The van der Waals surface area contributed by atoms with Crippen molar-refractivity contribution in [2.75, 3.05) is 13.1 Å². The molecule has 0 N–H and O–H groups in total. The second kappa shape index (κ2) is 7.51. The zero-order valence-electron chi connectivity index (χ0n) is 16.1. The molecule has 0 saturated carbocycles. The lowest BCUT2D eigenvalue weighted by Gasteiger charge is -2.21. The van der Waals surface area contributed by atoms with Crippen LogP contribution >= 0.6 is 0 Å². The van der Waals surface area contributed by atoms with Crippen LogP contribution in [0.5, 0.6) is 0 Å². The number of nitrogens with zero attached hydrogens (tertiary/aromatic N) is 4. The van der Waals surface area contributed by atoms with Gasteiger partial charge in [-0.25, -0.2) is 4.98 Å². The maximum Gasteiger partial charge on any atom is 0.254 e. The van der Waals surface area contributed by atoms with Gasteiger partial charge in [0.25, 0.3) is 5.91 Å². The molecule has 0 bridgehead atoms. The molecule has 5 nitrogen and oxygen atoms in total. The molecular weight excluding hydrogens is 336 g/mol. The van der Waals surface area contributed by atoms with Crippen LogP contribution in [-0.4, -0.2) is 38.7 Å². The summed E-state index contributed by atoms with van der Waals surface area (Å²) in [6, 6.07) is 8.02. The van der Waals surface area contributed by atoms with Gasteiger partial charge in [-0.2, -0.15) is 5.10 Å². The van der Waals surface area contributed by atoms with Crippen molar-refractivity contribution in [2.24, 2.45) is 0 Å². The molecule has 1 saturated heterocycles. The number of amides is 1. The lowest BCUT2D eigenvalue weighted by Crippen LogP contribution is -2.32. The van der Waals surface area contributed by atoms with Crippen molar-refractivity contribution in [3.8, 4) is 11.3 Å². The molecule has 0 unspecified atom stereocenters. The van der Waals surface area contributed by atoms with E-state index in [-0.39, 0.29) is 5.91 Å². The number of aromatic nitrogens is 3. The summed E-state index contributed by atoms with van der Waals surface area (Å²) in [4.78, 5) is 20.3. The van der Waals surface area contributed by atoms with Crippen LogP contribution in [0.15, 0.2) is 36.7 Å². The SMILES string of the molecule is CCn1cc(-c2cc(C(=O)N3CCCCCC3)c3cccc(C)c3n2)cn1. The Hall–Kier alpha value is -2.69. The number of hydrogen-bond acceptors (Lipinski definition) is 3. The van der Waals surface area contributed by atoms with E-state index in [0.717, 1.165) is 65.8 Å². The molecule has 1 amide bonds. The highest BCUT2D eigenvalue weighted by atomic mass is 16.2. The van der Waals surface area contributed by atoms with Crippen molar-refractivity contribution < 1.29 is 4.79 Å². The molecular formula is C22H26N4O. The van der Waals surface area contributed by atoms with Gasteiger partial charge in [0.05, 0.1) is 23.0 Å². The smallest absolute Gasteiger partial charge is 0.254 e. The molecule has 140 valence electrons. The van der Waals surface area contributed by atoms with Crippen molar-refractivity contribution in [2.45, 2.75) is 46.1 Å². The van der Waals surface area contributed by atoms with Crippen molar-refractivity contribution in [3.63, 3.8) is 0 Å². The molecule has 0 aliphatic carbocycles. The van der Waals surface area contributed by atoms with E-state index in [0.29, 0.717) is 0 Å². The van der Waals surface area contributed by atoms with Gasteiger partial charge in [0.1, 0.15) is 0 Å². The average molecular weight is 362 g/mol. The summed E-state index contributed by atoms with van der Waals surface area (Å²) in [5, 5.41) is 5.31. The van der Waals surface area contributed by atoms with E-state index >= 15 is 0 Å². The van der Waals surface area contributed by atoms with Crippen molar-refractivity contribution in [1.82, 2.24) is 19.7 Å². The molecule has 0 radical (unpaired) electrons. The largest absolute Gasteiger partial charge is 0.339 e. The lowest BCUT2D eigenvalue weighted by molar-refractivity contribution is 0.0763. The molecule has 1 fully saturated rings. The average Bonchev–Trinajstić information content (AvgIpc) is 3.01. The number of likely N-dealkylation sites (tertiary alicyclic amines) is 1. The quantitative estimate of drug-likeness (QED) is 0.692. The summed E-state index contributed by atoms with van der Waals surface area (Å²) < 4.78 is 1.88. The van der Waals surface area contributed by atoms with Gasteiger partial charge in [-0.05, 0) is 38.3 Å². The normalized spacial score (nSPS) is 15.1. The van der Waals surface area contributed by atoms with Crippen molar-refractivity contribution in [1.29, 1.82) is 0 Å². The highest BCUT2D eigenvalue weighted by Gasteiger charge is 2.21. The summed E-state index contributed by atoms with van der Waals surface area (Å²) in [5.74, 6) is 0.124. The standard InChI is InChI=1S/C22H26N4O/c1-3-26-15-17(14-23-26)20-13-19(18-10-8-9-16(2)21(18)24-20)22(27)25-11-6-4-5-7-12-25/h8-10,13-15H,3-7,11-12H2,1-2H3. The molecule has 2 aromatic heterocycles. The highest BCUT2D eigenvalue weighted by molar-refractivity contribution is 6.07. The molecule has 3 aromatic rings. The fourth-order valence-electron chi connectivity index (χ4n) is 3.83. The first-order valence-electron chi connectivity index (χ1n) is 9.90. The number of hydrogen-bond donors (Lipinski definition) is 0. The number of carbonyl (C=O) groups is 1. The van der Waals surface area contributed by atoms with E-state index in [1.807, 2.05) is 40.2 Å². The molecule has 27 heavy (non-hydrogen) atoms. The van der Waals surface area contributed by atoms with E-state index in [9.17, 15) is 4.79 Å². The summed E-state index contributed by atoms with van der Waals surface area (Å²) in [5.41, 5.74) is 4.51. The van der Waals surface area contributed by atoms with Gasteiger partial charge in [0.15, 0.2) is 0 Å². The van der Waals surface area contributed by atoms with Gasteiger partial charge in [0, 0.05) is 36.8 Å². The van der Waals surface area contributed by atoms with Gasteiger partial charge in [-0.1, -0.05) is 31.0 Å². The Bertz CT molecular complexity index is 968. The molecule has 1 aliphatic heterocycles. The predicted octanol–water partition coefficient (Wildman–Crippen LogP) is 4.44. The van der Waals surface area contributed by atoms with Crippen LogP contribution < -0.4 is 0 Å². The molecule has 0 spiro atoms. The number of fused-ring (bicyclic) bond motifs is 1. The summed E-state index contributed by atoms with van der Waals surface area (Å²) >= 11 is 0. The van der Waals surface area contributed by atoms with Crippen LogP contribution in [-0.2, 0) is 6.54 Å². The number of rotatable bonds is 3. The van der Waals surface area contributed by atoms with Crippen LogP contribution in [0, 0.1) is 6.92 Å². The van der Waals surface area contributed by atoms with Crippen LogP contribution in [0.4, 0.5) is 0 Å². The number of benzene rings is 1. The van der Waals surface area contributed by atoms with Crippen LogP contribution in [0.25, 0.3) is 22.2 Å². The Kier molecular flexibility index (Phi) is 4.92. The van der Waals surface area contributed by atoms with Crippen LogP contribution in [0.3, 0.4) is 0 Å². The van der Waals surface area contributed by atoms with Gasteiger partial charge in [0.2, 0.25) is 0 Å². The molecule has 1 aromatic carbocycles. The summed E-state index contributed by atoms with van der Waals surface area (Å²) in [7, 11) is 0. The van der Waals surface area contributed by atoms with E-state index in [1.165, 1.54) is 12.8 Å².